The molecule has 3 atom stereocenters. The first-order chi connectivity index (χ1) is 8.57. The lowest BCUT2D eigenvalue weighted by atomic mass is 9.57. The van der Waals surface area contributed by atoms with Crippen molar-refractivity contribution >= 4 is 5.91 Å². The minimum Gasteiger partial charge on any atom is -0.377 e. The molecule has 0 aromatic rings. The summed E-state index contributed by atoms with van der Waals surface area (Å²) in [6.07, 6.45) is 3.15. The molecule has 4 nitrogen and oxygen atoms in total. The predicted octanol–water partition coefficient (Wildman–Crippen LogP) is 1.31. The van der Waals surface area contributed by atoms with Crippen LogP contribution in [0, 0.1) is 11.3 Å². The fourth-order valence-electron chi connectivity index (χ4n) is 3.43. The maximum Gasteiger partial charge on any atom is 0.221 e. The van der Waals surface area contributed by atoms with Gasteiger partial charge in [-0.15, -0.1) is 0 Å². The summed E-state index contributed by atoms with van der Waals surface area (Å²) < 4.78 is 5.76. The van der Waals surface area contributed by atoms with Crippen LogP contribution in [-0.4, -0.2) is 37.7 Å². The van der Waals surface area contributed by atoms with Gasteiger partial charge in [0.25, 0.3) is 0 Å². The topological polar surface area (TPSA) is 50.4 Å². The molecule has 2 N–H and O–H groups in total. The molecule has 1 heterocycles. The lowest BCUT2D eigenvalue weighted by molar-refractivity contribution is -0.122. The maximum absolute atomic E-state index is 11.5. The first kappa shape index (κ1) is 13.8. The first-order valence-electron chi connectivity index (χ1n) is 7.19. The number of rotatable bonds is 6. The molecule has 0 aromatic heterocycles. The van der Waals surface area contributed by atoms with Gasteiger partial charge in [-0.2, -0.15) is 0 Å². The van der Waals surface area contributed by atoms with Crippen molar-refractivity contribution in [3.63, 3.8) is 0 Å². The van der Waals surface area contributed by atoms with Crippen LogP contribution in [-0.2, 0) is 9.53 Å². The number of hydrogen-bond acceptors (Lipinski definition) is 3. The highest BCUT2D eigenvalue weighted by Gasteiger charge is 2.58. The Morgan fingerprint density at radius 3 is 2.89 bits per heavy atom. The third kappa shape index (κ3) is 2.54. The van der Waals surface area contributed by atoms with Crippen LogP contribution >= 0.6 is 0 Å². The summed E-state index contributed by atoms with van der Waals surface area (Å²) >= 11 is 0. The van der Waals surface area contributed by atoms with Crippen molar-refractivity contribution in [3.8, 4) is 0 Å². The summed E-state index contributed by atoms with van der Waals surface area (Å²) in [6, 6.07) is 0.504. The highest BCUT2D eigenvalue weighted by Crippen LogP contribution is 2.51. The lowest BCUT2D eigenvalue weighted by Gasteiger charge is -2.55. The van der Waals surface area contributed by atoms with E-state index < -0.39 is 0 Å². The minimum absolute atomic E-state index is 0.153. The van der Waals surface area contributed by atoms with Gasteiger partial charge in [-0.1, -0.05) is 20.8 Å². The number of amides is 1. The largest absolute Gasteiger partial charge is 0.377 e. The van der Waals surface area contributed by atoms with E-state index in [1.165, 1.54) is 0 Å². The van der Waals surface area contributed by atoms with Crippen molar-refractivity contribution in [2.45, 2.75) is 52.2 Å². The number of carbonyl (C=O) groups is 1. The summed E-state index contributed by atoms with van der Waals surface area (Å²) in [7, 11) is 0. The van der Waals surface area contributed by atoms with Crippen LogP contribution in [0.3, 0.4) is 0 Å². The van der Waals surface area contributed by atoms with Gasteiger partial charge in [-0.25, -0.2) is 0 Å². The molecule has 0 spiro atoms. The molecule has 1 saturated carbocycles. The summed E-state index contributed by atoms with van der Waals surface area (Å²) in [6.45, 7) is 9.03. The molecule has 1 aliphatic carbocycles. The molecule has 2 fully saturated rings. The zero-order valence-corrected chi connectivity index (χ0v) is 11.8. The third-order valence-electron chi connectivity index (χ3n) is 4.39. The molecule has 104 valence electrons. The SMILES string of the molecule is CCCNC(=O)CCNC1C2CCOC2C1(C)C. The zero-order valence-electron chi connectivity index (χ0n) is 11.8. The molecule has 0 aromatic carbocycles. The van der Waals surface area contributed by atoms with Gasteiger partial charge in [0.2, 0.25) is 5.91 Å². The molecule has 1 amide bonds. The molecule has 0 radical (unpaired) electrons. The second-order valence-electron chi connectivity index (χ2n) is 6.10. The summed E-state index contributed by atoms with van der Waals surface area (Å²) in [4.78, 5) is 11.5. The van der Waals surface area contributed by atoms with Crippen molar-refractivity contribution in [1.82, 2.24) is 10.6 Å². The van der Waals surface area contributed by atoms with E-state index in [-0.39, 0.29) is 11.3 Å². The molecule has 1 aliphatic heterocycles. The number of ether oxygens (including phenoxy) is 1. The van der Waals surface area contributed by atoms with Crippen LogP contribution in [0.4, 0.5) is 0 Å². The fourth-order valence-corrected chi connectivity index (χ4v) is 3.43. The van der Waals surface area contributed by atoms with E-state index in [1.54, 1.807) is 0 Å². The quantitative estimate of drug-likeness (QED) is 0.751. The van der Waals surface area contributed by atoms with Crippen LogP contribution in [0.5, 0.6) is 0 Å². The Hall–Kier alpha value is -0.610. The Balaban J connectivity index is 1.69. The standard InChI is InChI=1S/C14H26N2O2/c1-4-7-15-11(17)5-8-16-12-10-6-9-18-13(10)14(12,2)3/h10,12-13,16H,4-9H2,1-3H3,(H,15,17). The van der Waals surface area contributed by atoms with Crippen molar-refractivity contribution in [3.05, 3.63) is 0 Å². The maximum atomic E-state index is 11.5. The second kappa shape index (κ2) is 5.57. The van der Waals surface area contributed by atoms with Gasteiger partial charge in [0, 0.05) is 43.5 Å². The average molecular weight is 254 g/mol. The van der Waals surface area contributed by atoms with E-state index in [0.717, 1.165) is 32.5 Å². The Morgan fingerprint density at radius 1 is 1.39 bits per heavy atom. The monoisotopic (exact) mass is 254 g/mol. The van der Waals surface area contributed by atoms with Gasteiger partial charge in [-0.05, 0) is 12.8 Å². The van der Waals surface area contributed by atoms with Crippen molar-refractivity contribution in [2.24, 2.45) is 11.3 Å². The van der Waals surface area contributed by atoms with Crippen LogP contribution in [0.15, 0.2) is 0 Å². The smallest absolute Gasteiger partial charge is 0.221 e. The number of nitrogens with one attached hydrogen (secondary N) is 2. The summed E-state index contributed by atoms with van der Waals surface area (Å²) in [5.41, 5.74) is 0.209. The van der Waals surface area contributed by atoms with Crippen LogP contribution in [0.1, 0.15) is 40.0 Å². The highest BCUT2D eigenvalue weighted by atomic mass is 16.5. The minimum atomic E-state index is 0.153. The Bertz CT molecular complexity index is 304. The van der Waals surface area contributed by atoms with Crippen molar-refractivity contribution < 1.29 is 9.53 Å². The van der Waals surface area contributed by atoms with Gasteiger partial charge in [-0.3, -0.25) is 4.79 Å². The molecule has 2 rings (SSSR count). The van der Waals surface area contributed by atoms with Gasteiger partial charge in [0.05, 0.1) is 6.10 Å². The molecular formula is C14H26N2O2. The van der Waals surface area contributed by atoms with Gasteiger partial charge in [0.1, 0.15) is 0 Å². The third-order valence-corrected chi connectivity index (χ3v) is 4.39. The van der Waals surface area contributed by atoms with Crippen LogP contribution < -0.4 is 10.6 Å². The van der Waals surface area contributed by atoms with E-state index in [0.29, 0.717) is 24.5 Å². The summed E-state index contributed by atoms with van der Waals surface area (Å²) in [5, 5.41) is 6.45. The lowest BCUT2D eigenvalue weighted by Crippen LogP contribution is -2.66. The van der Waals surface area contributed by atoms with Crippen LogP contribution in [0.25, 0.3) is 0 Å². The molecular weight excluding hydrogens is 228 g/mol. The van der Waals surface area contributed by atoms with E-state index in [1.807, 2.05) is 0 Å². The van der Waals surface area contributed by atoms with Crippen molar-refractivity contribution in [1.29, 1.82) is 0 Å². The normalized spacial score (nSPS) is 32.7. The first-order valence-corrected chi connectivity index (χ1v) is 7.19. The Morgan fingerprint density at radius 2 is 2.17 bits per heavy atom. The number of carbonyl (C=O) groups excluding carboxylic acids is 1. The highest BCUT2D eigenvalue weighted by molar-refractivity contribution is 5.75. The Labute approximate surface area is 110 Å². The summed E-state index contributed by atoms with van der Waals surface area (Å²) in [5.74, 6) is 0.805. The molecule has 4 heteroatoms. The van der Waals surface area contributed by atoms with E-state index in [2.05, 4.69) is 31.4 Å². The average Bonchev–Trinajstić information content (AvgIpc) is 2.78. The van der Waals surface area contributed by atoms with Crippen molar-refractivity contribution in [2.75, 3.05) is 19.7 Å². The van der Waals surface area contributed by atoms with Gasteiger partial charge < -0.3 is 15.4 Å². The zero-order chi connectivity index (χ0) is 13.2. The van der Waals surface area contributed by atoms with E-state index in [9.17, 15) is 4.79 Å². The van der Waals surface area contributed by atoms with Crippen LogP contribution in [0.2, 0.25) is 0 Å². The van der Waals surface area contributed by atoms with Gasteiger partial charge in [0.15, 0.2) is 0 Å². The second-order valence-corrected chi connectivity index (χ2v) is 6.10. The van der Waals surface area contributed by atoms with Gasteiger partial charge >= 0.3 is 0 Å². The molecule has 3 unspecified atom stereocenters. The number of fused-ring (bicyclic) bond motifs is 1. The van der Waals surface area contributed by atoms with E-state index in [4.69, 9.17) is 4.74 Å². The van der Waals surface area contributed by atoms with E-state index >= 15 is 0 Å². The Kier molecular flexibility index (Phi) is 4.28. The number of hydrogen-bond donors (Lipinski definition) is 2. The molecule has 18 heavy (non-hydrogen) atoms. The molecule has 0 bridgehead atoms. The molecule has 2 aliphatic rings. The predicted molar refractivity (Wildman–Crippen MR) is 71.3 cm³/mol. The molecule has 1 saturated heterocycles. The fraction of sp³-hybridized carbons (Fsp3) is 0.929.